The van der Waals surface area contributed by atoms with Crippen molar-refractivity contribution in [2.75, 3.05) is 0 Å². The zero-order valence-corrected chi connectivity index (χ0v) is 6.57. The van der Waals surface area contributed by atoms with Gasteiger partial charge in [-0.2, -0.15) is 0 Å². The van der Waals surface area contributed by atoms with Gasteiger partial charge in [0.1, 0.15) is 0 Å². The summed E-state index contributed by atoms with van der Waals surface area (Å²) in [4.78, 5) is 0. The van der Waals surface area contributed by atoms with Crippen LogP contribution in [0.4, 0.5) is 0 Å². The van der Waals surface area contributed by atoms with Crippen molar-refractivity contribution < 1.29 is 0 Å². The van der Waals surface area contributed by atoms with Gasteiger partial charge in [-0.05, 0) is 0 Å². The first-order chi connectivity index (χ1) is 4.00. The van der Waals surface area contributed by atoms with E-state index in [4.69, 9.17) is 0 Å². The third-order valence-electron chi connectivity index (χ3n) is 0. The van der Waals surface area contributed by atoms with Gasteiger partial charge >= 0.3 is 0 Å². The quantitative estimate of drug-likeness (QED) is 0.335. The molecule has 0 aliphatic carbocycles. The Balaban J connectivity index is -0.0000000133. The summed E-state index contributed by atoms with van der Waals surface area (Å²) in [6, 6.07) is 0. The highest BCUT2D eigenvalue weighted by atomic mass is 13.0. The van der Waals surface area contributed by atoms with E-state index in [1.807, 2.05) is 27.7 Å². The molecule has 0 heteroatoms. The van der Waals surface area contributed by atoms with E-state index in [9.17, 15) is 0 Å². The molecule has 50 valence electrons. The topological polar surface area (TPSA) is 0 Å². The summed E-state index contributed by atoms with van der Waals surface area (Å²) in [5.41, 5.74) is 0. The summed E-state index contributed by atoms with van der Waals surface area (Å²) in [6.07, 6.45) is 8.00. The maximum atomic E-state index is 4.00. The van der Waals surface area contributed by atoms with Crippen LogP contribution in [-0.2, 0) is 0 Å². The Morgan fingerprint density at radius 3 is 0.750 bits per heavy atom. The first-order valence-corrected chi connectivity index (χ1v) is 2.83. The Labute approximate surface area is 54.6 Å². The second-order valence-corrected chi connectivity index (χ2v) is 0. The number of rotatable bonds is 0. The number of hydrogen-bond acceptors (Lipinski definition) is 0. The van der Waals surface area contributed by atoms with Gasteiger partial charge in [-0.25, -0.2) is 0 Å². The molecule has 0 atom stereocenters. The molecule has 0 radical (unpaired) electrons. The largest absolute Gasteiger partial charge is 0.124 e. The second-order valence-electron chi connectivity index (χ2n) is 0. The van der Waals surface area contributed by atoms with Gasteiger partial charge in [-0.1, -0.05) is 27.7 Å². The van der Waals surface area contributed by atoms with Crippen LogP contribution < -0.4 is 0 Å². The minimum Gasteiger partial charge on any atom is -0.124 e. The standard InChI is InChI=1S/2C2H6.C2H4.C2H2/c4*1-2/h2*1-2H3;1-2H2;1-2H. The van der Waals surface area contributed by atoms with Crippen molar-refractivity contribution in [1.82, 2.24) is 0 Å². The fraction of sp³-hybridized carbons (Fsp3) is 0.500. The summed E-state index contributed by atoms with van der Waals surface area (Å²) in [7, 11) is 0. The Hall–Kier alpha value is -0.700. The molecule has 0 aromatic heterocycles. The van der Waals surface area contributed by atoms with Crippen LogP contribution in [0.2, 0.25) is 0 Å². The van der Waals surface area contributed by atoms with Gasteiger partial charge in [0.15, 0.2) is 0 Å². The molecular weight excluding hydrogens is 96.1 g/mol. The maximum absolute atomic E-state index is 4.00. The molecule has 0 aromatic carbocycles. The monoisotopic (exact) mass is 114 g/mol. The molecule has 0 N–H and O–H groups in total. The molecule has 0 fully saturated rings. The molecule has 0 nitrogen and oxygen atoms in total. The summed E-state index contributed by atoms with van der Waals surface area (Å²) in [5, 5.41) is 0. The normalized spacial score (nSPS) is 2.25. The van der Waals surface area contributed by atoms with Crippen LogP contribution in [-0.4, -0.2) is 0 Å². The van der Waals surface area contributed by atoms with Crippen molar-refractivity contribution in [3.63, 3.8) is 0 Å². The summed E-state index contributed by atoms with van der Waals surface area (Å²) in [5.74, 6) is 0. The third-order valence-corrected chi connectivity index (χ3v) is 0. The lowest BCUT2D eigenvalue weighted by Gasteiger charge is -1.07. The minimum atomic E-state index is 2.00. The van der Waals surface area contributed by atoms with E-state index >= 15 is 0 Å². The molecule has 0 rings (SSSR count). The van der Waals surface area contributed by atoms with Crippen LogP contribution in [0.15, 0.2) is 13.2 Å². The molecule has 0 saturated heterocycles. The van der Waals surface area contributed by atoms with Gasteiger partial charge in [0.2, 0.25) is 0 Å². The molecule has 0 unspecified atom stereocenters. The average molecular weight is 114 g/mol. The van der Waals surface area contributed by atoms with Gasteiger partial charge in [0.25, 0.3) is 0 Å². The number of hydrogen-bond donors (Lipinski definition) is 0. The lowest BCUT2D eigenvalue weighted by Crippen LogP contribution is -0.856. The van der Waals surface area contributed by atoms with Crippen molar-refractivity contribution in [1.29, 1.82) is 0 Å². The Bertz CT molecular complexity index is 11.2. The highest BCUT2D eigenvalue weighted by molar-refractivity contribution is 4.47. The van der Waals surface area contributed by atoms with Gasteiger partial charge in [-0.15, -0.1) is 26.0 Å². The molecule has 0 bridgehead atoms. The van der Waals surface area contributed by atoms with Crippen molar-refractivity contribution in [2.24, 2.45) is 0 Å². The summed E-state index contributed by atoms with van der Waals surface area (Å²) >= 11 is 0. The van der Waals surface area contributed by atoms with E-state index in [2.05, 4.69) is 26.0 Å². The molecule has 8 heavy (non-hydrogen) atoms. The van der Waals surface area contributed by atoms with Crippen molar-refractivity contribution >= 4 is 0 Å². The molecule has 0 heterocycles. The first-order valence-electron chi connectivity index (χ1n) is 2.83. The summed E-state index contributed by atoms with van der Waals surface area (Å²) < 4.78 is 0. The van der Waals surface area contributed by atoms with Crippen LogP contribution >= 0.6 is 0 Å². The van der Waals surface area contributed by atoms with E-state index in [0.29, 0.717) is 0 Å². The zero-order chi connectivity index (χ0) is 8.00. The smallest absolute Gasteiger partial charge is 0.0683 e. The van der Waals surface area contributed by atoms with Gasteiger partial charge in [0.05, 0.1) is 0 Å². The van der Waals surface area contributed by atoms with E-state index in [1.54, 1.807) is 0 Å². The molecule has 0 spiro atoms. The zero-order valence-electron chi connectivity index (χ0n) is 6.57. The Morgan fingerprint density at radius 1 is 0.750 bits per heavy atom. The van der Waals surface area contributed by atoms with Crippen LogP contribution in [0.3, 0.4) is 0 Å². The predicted octanol–water partition coefficient (Wildman–Crippen LogP) is 3.10. The van der Waals surface area contributed by atoms with Gasteiger partial charge in [-0.3, -0.25) is 0 Å². The van der Waals surface area contributed by atoms with E-state index < -0.39 is 0 Å². The lowest BCUT2D eigenvalue weighted by atomic mass is 11.0. The minimum absolute atomic E-state index is 2.00. The van der Waals surface area contributed by atoms with E-state index in [0.717, 1.165) is 0 Å². The van der Waals surface area contributed by atoms with Crippen molar-refractivity contribution in [3.8, 4) is 12.8 Å². The predicted molar refractivity (Wildman–Crippen MR) is 43.8 cm³/mol. The second kappa shape index (κ2) is 361. The fourth-order valence-corrected chi connectivity index (χ4v) is 0. The SMILES string of the molecule is C#C.C=C.CC.CC. The first kappa shape index (κ1) is 26.6. The van der Waals surface area contributed by atoms with Crippen molar-refractivity contribution in [3.05, 3.63) is 13.2 Å². The van der Waals surface area contributed by atoms with Gasteiger partial charge < -0.3 is 0 Å². The van der Waals surface area contributed by atoms with Crippen LogP contribution in [0.25, 0.3) is 0 Å². The molecule has 0 saturated carbocycles. The highest BCUT2D eigenvalue weighted by Gasteiger charge is 0.934. The van der Waals surface area contributed by atoms with Crippen molar-refractivity contribution in [2.45, 2.75) is 27.7 Å². The molecule has 0 amide bonds. The Kier molecular flexibility index (Phi) is 1200. The van der Waals surface area contributed by atoms with E-state index in [-0.39, 0.29) is 0 Å². The molecule has 0 aromatic rings. The molecular formula is C8H18. The Morgan fingerprint density at radius 2 is 0.750 bits per heavy atom. The number of terminal acetylenes is 1. The van der Waals surface area contributed by atoms with Crippen LogP contribution in [0.1, 0.15) is 27.7 Å². The highest BCUT2D eigenvalue weighted by Crippen LogP contribution is 1.15. The lowest BCUT2D eigenvalue weighted by molar-refractivity contribution is 1.50. The fourth-order valence-electron chi connectivity index (χ4n) is 0. The molecule has 0 aliphatic rings. The molecule has 0 aliphatic heterocycles. The van der Waals surface area contributed by atoms with Crippen LogP contribution in [0.5, 0.6) is 0 Å². The van der Waals surface area contributed by atoms with Crippen LogP contribution in [0, 0.1) is 12.8 Å². The van der Waals surface area contributed by atoms with E-state index in [1.165, 1.54) is 0 Å². The van der Waals surface area contributed by atoms with Gasteiger partial charge in [0, 0.05) is 0 Å². The maximum Gasteiger partial charge on any atom is -0.0683 e. The average Bonchev–Trinajstić information content (AvgIpc) is 2.03. The third kappa shape index (κ3) is 200. The summed E-state index contributed by atoms with van der Waals surface area (Å²) in [6.45, 7) is 14.0.